The van der Waals surface area contributed by atoms with E-state index in [4.69, 9.17) is 0 Å². The first-order valence-electron chi connectivity index (χ1n) is 6.75. The first-order chi connectivity index (χ1) is 9.08. The molecule has 1 aliphatic rings. The van der Waals surface area contributed by atoms with Crippen LogP contribution in [0.4, 0.5) is 4.39 Å². The number of nitrogens with zero attached hydrogens (tertiary/aromatic N) is 2. The largest absolute Gasteiger partial charge is 0.342 e. The number of piperidine rings is 1. The zero-order valence-electron chi connectivity index (χ0n) is 11.6. The molecule has 3 nitrogen and oxygen atoms in total. The number of likely N-dealkylation sites (tertiary alicyclic amines) is 1. The summed E-state index contributed by atoms with van der Waals surface area (Å²) in [5.74, 6) is -0.299. The lowest BCUT2D eigenvalue weighted by atomic mass is 10.0. The molecular formula is C15H21FN2O. The van der Waals surface area contributed by atoms with Gasteiger partial charge in [-0.05, 0) is 44.6 Å². The fraction of sp³-hybridized carbons (Fsp3) is 0.533. The molecular weight excluding hydrogens is 243 g/mol. The van der Waals surface area contributed by atoms with Gasteiger partial charge in [0.05, 0.1) is 6.42 Å². The van der Waals surface area contributed by atoms with Crippen molar-refractivity contribution in [2.75, 3.05) is 27.2 Å². The lowest BCUT2D eigenvalue weighted by Gasteiger charge is -2.35. The third-order valence-corrected chi connectivity index (χ3v) is 3.93. The molecule has 0 saturated carbocycles. The van der Waals surface area contributed by atoms with E-state index in [9.17, 15) is 9.18 Å². The summed E-state index contributed by atoms with van der Waals surface area (Å²) in [6.07, 6.45) is 2.14. The Morgan fingerprint density at radius 2 is 2.00 bits per heavy atom. The van der Waals surface area contributed by atoms with Crippen molar-refractivity contribution in [2.24, 2.45) is 0 Å². The van der Waals surface area contributed by atoms with Gasteiger partial charge in [0.25, 0.3) is 0 Å². The molecule has 0 spiro atoms. The molecule has 0 N–H and O–H groups in total. The van der Waals surface area contributed by atoms with E-state index in [1.165, 1.54) is 6.07 Å². The molecule has 0 aromatic heterocycles. The standard InChI is InChI=1S/C15H21FN2O/c1-17-9-7-13(8-10-17)18(2)15(19)11-12-5-3-4-6-14(12)16/h3-6,13H,7-11H2,1-2H3. The topological polar surface area (TPSA) is 23.6 Å². The van der Waals surface area contributed by atoms with Crippen LogP contribution in [0.15, 0.2) is 24.3 Å². The maximum absolute atomic E-state index is 13.5. The van der Waals surface area contributed by atoms with Crippen LogP contribution in [0.25, 0.3) is 0 Å². The van der Waals surface area contributed by atoms with Crippen molar-refractivity contribution in [2.45, 2.75) is 25.3 Å². The minimum absolute atomic E-state index is 0.000321. The second kappa shape index (κ2) is 6.15. The smallest absolute Gasteiger partial charge is 0.227 e. The lowest BCUT2D eigenvalue weighted by Crippen LogP contribution is -2.45. The van der Waals surface area contributed by atoms with Crippen LogP contribution < -0.4 is 0 Å². The third-order valence-electron chi connectivity index (χ3n) is 3.93. The van der Waals surface area contributed by atoms with Crippen LogP contribution in [0, 0.1) is 5.82 Å². The van der Waals surface area contributed by atoms with Gasteiger partial charge in [-0.2, -0.15) is 0 Å². The second-order valence-electron chi connectivity index (χ2n) is 5.31. The predicted molar refractivity (Wildman–Crippen MR) is 73.4 cm³/mol. The van der Waals surface area contributed by atoms with Crippen LogP contribution in [0.3, 0.4) is 0 Å². The first kappa shape index (κ1) is 14.0. The molecule has 1 aromatic carbocycles. The fourth-order valence-corrected chi connectivity index (χ4v) is 2.52. The molecule has 19 heavy (non-hydrogen) atoms. The van der Waals surface area contributed by atoms with E-state index in [2.05, 4.69) is 11.9 Å². The molecule has 4 heteroatoms. The summed E-state index contributed by atoms with van der Waals surface area (Å²) in [7, 11) is 3.93. The third kappa shape index (κ3) is 3.53. The number of hydrogen-bond acceptors (Lipinski definition) is 2. The molecule has 0 radical (unpaired) electrons. The van der Waals surface area contributed by atoms with Crippen molar-refractivity contribution >= 4 is 5.91 Å². The van der Waals surface area contributed by atoms with E-state index in [0.29, 0.717) is 5.56 Å². The van der Waals surface area contributed by atoms with Gasteiger partial charge in [-0.15, -0.1) is 0 Å². The fourth-order valence-electron chi connectivity index (χ4n) is 2.52. The van der Waals surface area contributed by atoms with Crippen molar-refractivity contribution in [1.82, 2.24) is 9.80 Å². The molecule has 1 aromatic rings. The van der Waals surface area contributed by atoms with Gasteiger partial charge < -0.3 is 9.80 Å². The molecule has 0 bridgehead atoms. The Labute approximate surface area is 114 Å². The monoisotopic (exact) mass is 264 g/mol. The molecule has 0 atom stereocenters. The van der Waals surface area contributed by atoms with Crippen LogP contribution in [0.1, 0.15) is 18.4 Å². The maximum Gasteiger partial charge on any atom is 0.227 e. The quantitative estimate of drug-likeness (QED) is 0.832. The van der Waals surface area contributed by atoms with Gasteiger partial charge in [0, 0.05) is 13.1 Å². The second-order valence-corrected chi connectivity index (χ2v) is 5.31. The summed E-state index contributed by atoms with van der Waals surface area (Å²) in [6.45, 7) is 2.03. The number of carbonyl (C=O) groups is 1. The average Bonchev–Trinajstić information content (AvgIpc) is 2.41. The highest BCUT2D eigenvalue weighted by atomic mass is 19.1. The Morgan fingerprint density at radius 3 is 2.63 bits per heavy atom. The van der Waals surface area contributed by atoms with Crippen LogP contribution in [-0.2, 0) is 11.2 Å². The highest BCUT2D eigenvalue weighted by molar-refractivity contribution is 5.78. The number of amides is 1. The summed E-state index contributed by atoms with van der Waals surface area (Å²) in [5, 5.41) is 0. The minimum Gasteiger partial charge on any atom is -0.342 e. The number of benzene rings is 1. The Bertz CT molecular complexity index is 442. The summed E-state index contributed by atoms with van der Waals surface area (Å²) in [6, 6.07) is 6.77. The van der Waals surface area contributed by atoms with Gasteiger partial charge in [-0.3, -0.25) is 4.79 Å². The van der Waals surface area contributed by atoms with Gasteiger partial charge in [-0.25, -0.2) is 4.39 Å². The Hall–Kier alpha value is -1.42. The molecule has 1 heterocycles. The normalized spacial score (nSPS) is 17.4. The Balaban J connectivity index is 1.94. The number of likely N-dealkylation sites (N-methyl/N-ethyl adjacent to an activating group) is 1. The van der Waals surface area contributed by atoms with Crippen molar-refractivity contribution in [3.05, 3.63) is 35.6 Å². The van der Waals surface area contributed by atoms with Gasteiger partial charge in [0.1, 0.15) is 5.82 Å². The van der Waals surface area contributed by atoms with E-state index in [0.717, 1.165) is 25.9 Å². The van der Waals surface area contributed by atoms with Gasteiger partial charge >= 0.3 is 0 Å². The Morgan fingerprint density at radius 1 is 1.37 bits per heavy atom. The first-order valence-corrected chi connectivity index (χ1v) is 6.75. The summed E-state index contributed by atoms with van der Waals surface area (Å²) >= 11 is 0. The number of halogens is 1. The maximum atomic E-state index is 13.5. The molecule has 1 aliphatic heterocycles. The Kier molecular flexibility index (Phi) is 4.53. The molecule has 1 fully saturated rings. The summed E-state index contributed by atoms with van der Waals surface area (Å²) < 4.78 is 13.5. The highest BCUT2D eigenvalue weighted by Crippen LogP contribution is 2.16. The number of hydrogen-bond donors (Lipinski definition) is 0. The van der Waals surface area contributed by atoms with Gasteiger partial charge in [0.15, 0.2) is 0 Å². The van der Waals surface area contributed by atoms with E-state index < -0.39 is 0 Å². The number of carbonyl (C=O) groups excluding carboxylic acids is 1. The van der Waals surface area contributed by atoms with Crippen LogP contribution in [-0.4, -0.2) is 48.9 Å². The summed E-state index contributed by atoms with van der Waals surface area (Å²) in [4.78, 5) is 16.3. The molecule has 1 saturated heterocycles. The van der Waals surface area contributed by atoms with Crippen LogP contribution in [0.2, 0.25) is 0 Å². The van der Waals surface area contributed by atoms with Gasteiger partial charge in [0.2, 0.25) is 5.91 Å². The van der Waals surface area contributed by atoms with Crippen LogP contribution in [0.5, 0.6) is 0 Å². The molecule has 0 unspecified atom stereocenters. The van der Waals surface area contributed by atoms with E-state index >= 15 is 0 Å². The molecule has 1 amide bonds. The van der Waals surface area contributed by atoms with Crippen molar-refractivity contribution < 1.29 is 9.18 Å². The van der Waals surface area contributed by atoms with Crippen molar-refractivity contribution in [3.8, 4) is 0 Å². The molecule has 2 rings (SSSR count). The zero-order valence-corrected chi connectivity index (χ0v) is 11.6. The van der Waals surface area contributed by atoms with Crippen molar-refractivity contribution in [3.63, 3.8) is 0 Å². The van der Waals surface area contributed by atoms with E-state index in [-0.39, 0.29) is 24.2 Å². The molecule has 104 valence electrons. The highest BCUT2D eigenvalue weighted by Gasteiger charge is 2.24. The van der Waals surface area contributed by atoms with E-state index in [1.54, 1.807) is 23.1 Å². The van der Waals surface area contributed by atoms with Crippen LogP contribution >= 0.6 is 0 Å². The minimum atomic E-state index is -0.298. The van der Waals surface area contributed by atoms with E-state index in [1.807, 2.05) is 7.05 Å². The number of rotatable bonds is 3. The predicted octanol–water partition coefficient (Wildman–Crippen LogP) is 1.92. The zero-order chi connectivity index (χ0) is 13.8. The van der Waals surface area contributed by atoms with Crippen molar-refractivity contribution in [1.29, 1.82) is 0 Å². The molecule has 0 aliphatic carbocycles. The lowest BCUT2D eigenvalue weighted by molar-refractivity contribution is -0.132. The van der Waals surface area contributed by atoms with Gasteiger partial charge in [-0.1, -0.05) is 18.2 Å². The summed E-state index contributed by atoms with van der Waals surface area (Å²) in [5.41, 5.74) is 0.479. The SMILES string of the molecule is CN1CCC(N(C)C(=O)Cc2ccccc2F)CC1. The average molecular weight is 264 g/mol.